The lowest BCUT2D eigenvalue weighted by Crippen LogP contribution is -2.40. The van der Waals surface area contributed by atoms with Crippen molar-refractivity contribution >= 4 is 11.9 Å². The minimum Gasteiger partial charge on any atom is -0.452 e. The maximum atomic E-state index is 12.1. The molecule has 0 aromatic carbocycles. The number of nitrogens with zero attached hydrogens (tertiary/aromatic N) is 3. The second-order valence-electron chi connectivity index (χ2n) is 6.11. The number of rotatable bonds is 5. The van der Waals surface area contributed by atoms with Crippen molar-refractivity contribution in [3.63, 3.8) is 0 Å². The third-order valence-electron chi connectivity index (χ3n) is 4.20. The molecule has 24 heavy (non-hydrogen) atoms. The van der Waals surface area contributed by atoms with E-state index in [4.69, 9.17) is 9.15 Å². The van der Waals surface area contributed by atoms with Crippen molar-refractivity contribution in [1.82, 2.24) is 14.7 Å². The molecule has 2 aromatic rings. The average Bonchev–Trinajstić information content (AvgIpc) is 3.25. The first-order chi connectivity index (χ1) is 11.6. The Morgan fingerprint density at radius 2 is 2.12 bits per heavy atom. The van der Waals surface area contributed by atoms with E-state index in [2.05, 4.69) is 12.0 Å². The van der Waals surface area contributed by atoms with E-state index in [1.54, 1.807) is 34.1 Å². The predicted octanol–water partition coefficient (Wildman–Crippen LogP) is 1.94. The quantitative estimate of drug-likeness (QED) is 0.783. The predicted molar refractivity (Wildman–Crippen MR) is 85.3 cm³/mol. The third kappa shape index (κ3) is 4.04. The van der Waals surface area contributed by atoms with E-state index in [9.17, 15) is 9.59 Å². The number of likely N-dealkylation sites (tertiary alicyclic amines) is 1. The lowest BCUT2D eigenvalue weighted by atomic mass is 9.99. The zero-order valence-electron chi connectivity index (χ0n) is 13.7. The standard InChI is InChI=1S/C17H21N3O4/c1-13-5-9-19(10-6-13)16(21)12-23-17(22)15-4-3-14(24-15)11-20-8-2-7-18-20/h2-4,7-8,13H,5-6,9-12H2,1H3. The van der Waals surface area contributed by atoms with Crippen LogP contribution in [0.15, 0.2) is 35.0 Å². The number of hydrogen-bond acceptors (Lipinski definition) is 5. The Morgan fingerprint density at radius 1 is 1.33 bits per heavy atom. The largest absolute Gasteiger partial charge is 0.452 e. The molecule has 0 saturated carbocycles. The van der Waals surface area contributed by atoms with Gasteiger partial charge >= 0.3 is 5.97 Å². The van der Waals surface area contributed by atoms with E-state index >= 15 is 0 Å². The van der Waals surface area contributed by atoms with E-state index in [0.717, 1.165) is 25.9 Å². The summed E-state index contributed by atoms with van der Waals surface area (Å²) in [6, 6.07) is 5.06. The lowest BCUT2D eigenvalue weighted by Gasteiger charge is -2.30. The van der Waals surface area contributed by atoms with Gasteiger partial charge in [-0.1, -0.05) is 6.92 Å². The second kappa shape index (κ2) is 7.33. The summed E-state index contributed by atoms with van der Waals surface area (Å²) in [4.78, 5) is 25.8. The van der Waals surface area contributed by atoms with Crippen molar-refractivity contribution < 1.29 is 18.7 Å². The van der Waals surface area contributed by atoms with Crippen LogP contribution < -0.4 is 0 Å². The fourth-order valence-electron chi connectivity index (χ4n) is 2.67. The van der Waals surface area contributed by atoms with Crippen LogP contribution >= 0.6 is 0 Å². The first-order valence-electron chi connectivity index (χ1n) is 8.13. The smallest absolute Gasteiger partial charge is 0.374 e. The van der Waals surface area contributed by atoms with Crippen LogP contribution in [0, 0.1) is 5.92 Å². The fraction of sp³-hybridized carbons (Fsp3) is 0.471. The highest BCUT2D eigenvalue weighted by atomic mass is 16.5. The second-order valence-corrected chi connectivity index (χ2v) is 6.11. The summed E-state index contributed by atoms with van der Waals surface area (Å²) in [5, 5.41) is 4.07. The number of amides is 1. The molecule has 7 heteroatoms. The molecule has 2 aromatic heterocycles. The Balaban J connectivity index is 1.48. The zero-order valence-corrected chi connectivity index (χ0v) is 13.7. The SMILES string of the molecule is CC1CCN(C(=O)COC(=O)c2ccc(Cn3cccn3)o2)CC1. The fourth-order valence-corrected chi connectivity index (χ4v) is 2.67. The highest BCUT2D eigenvalue weighted by molar-refractivity contribution is 5.88. The zero-order chi connectivity index (χ0) is 16.9. The van der Waals surface area contributed by atoms with Crippen molar-refractivity contribution in [3.05, 3.63) is 42.1 Å². The van der Waals surface area contributed by atoms with Gasteiger partial charge in [0, 0.05) is 25.5 Å². The van der Waals surface area contributed by atoms with Gasteiger partial charge in [0.1, 0.15) is 5.76 Å². The van der Waals surface area contributed by atoms with Crippen LogP contribution in [0.1, 0.15) is 36.1 Å². The molecule has 0 atom stereocenters. The van der Waals surface area contributed by atoms with Crippen molar-refractivity contribution in [1.29, 1.82) is 0 Å². The molecule has 1 amide bonds. The van der Waals surface area contributed by atoms with Crippen LogP contribution in [0.4, 0.5) is 0 Å². The molecular weight excluding hydrogens is 310 g/mol. The Kier molecular flexibility index (Phi) is 4.98. The van der Waals surface area contributed by atoms with Crippen LogP contribution in [0.2, 0.25) is 0 Å². The van der Waals surface area contributed by atoms with Crippen molar-refractivity contribution in [2.24, 2.45) is 5.92 Å². The van der Waals surface area contributed by atoms with Gasteiger partial charge < -0.3 is 14.1 Å². The molecule has 0 spiro atoms. The first-order valence-corrected chi connectivity index (χ1v) is 8.13. The molecule has 0 unspecified atom stereocenters. The molecule has 128 valence electrons. The summed E-state index contributed by atoms with van der Waals surface area (Å²) in [6.07, 6.45) is 5.47. The number of ether oxygens (including phenoxy) is 1. The molecular formula is C17H21N3O4. The normalized spacial score (nSPS) is 15.5. The monoisotopic (exact) mass is 331 g/mol. The molecule has 1 fully saturated rings. The molecule has 0 bridgehead atoms. The van der Waals surface area contributed by atoms with Crippen LogP contribution in [0.25, 0.3) is 0 Å². The van der Waals surface area contributed by atoms with Gasteiger partial charge in [-0.15, -0.1) is 0 Å². The Bertz CT molecular complexity index is 685. The van der Waals surface area contributed by atoms with Gasteiger partial charge in [-0.05, 0) is 37.0 Å². The number of aromatic nitrogens is 2. The van der Waals surface area contributed by atoms with Crippen LogP contribution in [0.5, 0.6) is 0 Å². The maximum Gasteiger partial charge on any atom is 0.374 e. The molecule has 1 saturated heterocycles. The van der Waals surface area contributed by atoms with E-state index in [0.29, 0.717) is 18.2 Å². The van der Waals surface area contributed by atoms with Crippen molar-refractivity contribution in [2.75, 3.05) is 19.7 Å². The number of furan rings is 1. The lowest BCUT2D eigenvalue weighted by molar-refractivity contribution is -0.135. The number of piperidine rings is 1. The summed E-state index contributed by atoms with van der Waals surface area (Å²) in [5.74, 6) is 0.561. The maximum absolute atomic E-state index is 12.1. The van der Waals surface area contributed by atoms with Gasteiger partial charge in [-0.25, -0.2) is 4.79 Å². The van der Waals surface area contributed by atoms with E-state index in [-0.39, 0.29) is 18.3 Å². The Labute approximate surface area is 140 Å². The Morgan fingerprint density at radius 3 is 2.83 bits per heavy atom. The number of esters is 1. The molecule has 7 nitrogen and oxygen atoms in total. The highest BCUT2D eigenvalue weighted by Crippen LogP contribution is 2.16. The van der Waals surface area contributed by atoms with Gasteiger partial charge in [0.05, 0.1) is 6.54 Å². The summed E-state index contributed by atoms with van der Waals surface area (Å²) in [7, 11) is 0. The molecule has 1 aliphatic rings. The third-order valence-corrected chi connectivity index (χ3v) is 4.20. The number of carbonyl (C=O) groups excluding carboxylic acids is 2. The van der Waals surface area contributed by atoms with Gasteiger partial charge in [0.2, 0.25) is 5.76 Å². The van der Waals surface area contributed by atoms with Crippen molar-refractivity contribution in [2.45, 2.75) is 26.3 Å². The molecule has 0 aliphatic carbocycles. The highest BCUT2D eigenvalue weighted by Gasteiger charge is 2.22. The van der Waals surface area contributed by atoms with Crippen LogP contribution in [0.3, 0.4) is 0 Å². The van der Waals surface area contributed by atoms with Gasteiger partial charge in [-0.2, -0.15) is 5.10 Å². The molecule has 3 rings (SSSR count). The summed E-state index contributed by atoms with van der Waals surface area (Å²) >= 11 is 0. The Hall–Kier alpha value is -2.57. The minimum absolute atomic E-state index is 0.0947. The molecule has 3 heterocycles. The summed E-state index contributed by atoms with van der Waals surface area (Å²) in [5.41, 5.74) is 0. The van der Waals surface area contributed by atoms with E-state index in [1.165, 1.54) is 0 Å². The van der Waals surface area contributed by atoms with Crippen LogP contribution in [-0.2, 0) is 16.1 Å². The molecule has 1 aliphatic heterocycles. The minimum atomic E-state index is -0.625. The number of carbonyl (C=O) groups is 2. The summed E-state index contributed by atoms with van der Waals surface area (Å²) < 4.78 is 12.2. The van der Waals surface area contributed by atoms with Crippen LogP contribution in [-0.4, -0.2) is 46.3 Å². The van der Waals surface area contributed by atoms with E-state index in [1.807, 2.05) is 6.07 Å². The summed E-state index contributed by atoms with van der Waals surface area (Å²) in [6.45, 7) is 3.83. The first kappa shape index (κ1) is 16.3. The van der Waals surface area contributed by atoms with Gasteiger partial charge in [-0.3, -0.25) is 9.48 Å². The molecule has 0 N–H and O–H groups in total. The van der Waals surface area contributed by atoms with E-state index < -0.39 is 5.97 Å². The molecule has 0 radical (unpaired) electrons. The number of hydrogen-bond donors (Lipinski definition) is 0. The van der Waals surface area contributed by atoms with Gasteiger partial charge in [0.15, 0.2) is 6.61 Å². The van der Waals surface area contributed by atoms with Gasteiger partial charge in [0.25, 0.3) is 5.91 Å². The van der Waals surface area contributed by atoms with Crippen molar-refractivity contribution in [3.8, 4) is 0 Å². The average molecular weight is 331 g/mol. The topological polar surface area (TPSA) is 77.6 Å².